The van der Waals surface area contributed by atoms with E-state index >= 15 is 0 Å². The third kappa shape index (κ3) is 3.14. The van der Waals surface area contributed by atoms with Crippen LogP contribution in [0.25, 0.3) is 21.7 Å². The van der Waals surface area contributed by atoms with Gasteiger partial charge in [0.15, 0.2) is 17.2 Å². The molecule has 5 nitrogen and oxygen atoms in total. The fourth-order valence-corrected chi connectivity index (χ4v) is 3.11. The van der Waals surface area contributed by atoms with Crippen molar-refractivity contribution in [1.29, 1.82) is 0 Å². The first kappa shape index (κ1) is 15.5. The number of rotatable bonds is 3. The molecule has 0 saturated heterocycles. The Kier molecular flexibility index (Phi) is 4.00. The van der Waals surface area contributed by atoms with Crippen molar-refractivity contribution >= 4 is 27.3 Å². The minimum atomic E-state index is 0.595. The van der Waals surface area contributed by atoms with Crippen LogP contribution in [0.1, 0.15) is 11.4 Å². The minimum absolute atomic E-state index is 0.595. The fourth-order valence-electron chi connectivity index (χ4n) is 2.66. The summed E-state index contributed by atoms with van der Waals surface area (Å²) >= 11 is 3.49. The second-order valence-electron chi connectivity index (χ2n) is 5.57. The van der Waals surface area contributed by atoms with E-state index in [9.17, 15) is 0 Å². The van der Waals surface area contributed by atoms with Crippen LogP contribution in [-0.4, -0.2) is 19.8 Å². The monoisotopic (exact) mass is 389 g/mol. The van der Waals surface area contributed by atoms with Crippen molar-refractivity contribution in [3.63, 3.8) is 0 Å². The van der Waals surface area contributed by atoms with Gasteiger partial charge in [-0.3, -0.25) is 0 Å². The van der Waals surface area contributed by atoms with Gasteiger partial charge in [-0.05, 0) is 41.5 Å². The van der Waals surface area contributed by atoms with Gasteiger partial charge in [0.1, 0.15) is 0 Å². The van der Waals surface area contributed by atoms with Crippen LogP contribution in [0.5, 0.6) is 0 Å². The number of hydrogen-bond acceptors (Lipinski definition) is 3. The van der Waals surface area contributed by atoms with E-state index in [1.165, 1.54) is 0 Å². The molecule has 0 radical (unpaired) electrons. The molecule has 25 heavy (non-hydrogen) atoms. The lowest BCUT2D eigenvalue weighted by Gasteiger charge is -2.04. The van der Waals surface area contributed by atoms with Gasteiger partial charge < -0.3 is 0 Å². The maximum absolute atomic E-state index is 7.16. The van der Waals surface area contributed by atoms with Gasteiger partial charge in [-0.15, -0.1) is 10.2 Å². The first-order valence-corrected chi connectivity index (χ1v) is 8.46. The molecule has 4 aromatic rings. The minimum Gasteiger partial charge on any atom is -0.238 e. The summed E-state index contributed by atoms with van der Waals surface area (Å²) in [6, 6.07) is 19.3. The molecule has 0 unspecified atom stereocenters. The summed E-state index contributed by atoms with van der Waals surface area (Å²) < 4.78 is 2.80. The lowest BCUT2D eigenvalue weighted by Crippen LogP contribution is -2.01. The first-order valence-electron chi connectivity index (χ1n) is 7.66. The second kappa shape index (κ2) is 6.46. The number of fused-ring (bicyclic) bond motifs is 1. The van der Waals surface area contributed by atoms with Crippen LogP contribution in [0.4, 0.5) is 5.69 Å². The smallest absolute Gasteiger partial charge is 0.187 e. The van der Waals surface area contributed by atoms with Crippen LogP contribution in [0.15, 0.2) is 65.1 Å². The summed E-state index contributed by atoms with van der Waals surface area (Å²) in [6.45, 7) is 7.16. The molecule has 6 heteroatoms. The molecule has 120 valence electrons. The molecule has 4 rings (SSSR count). The van der Waals surface area contributed by atoms with Crippen molar-refractivity contribution in [3.8, 4) is 11.3 Å². The zero-order valence-electron chi connectivity index (χ0n) is 13.1. The van der Waals surface area contributed by atoms with Gasteiger partial charge in [0.2, 0.25) is 0 Å². The molecule has 0 atom stereocenters. The van der Waals surface area contributed by atoms with Gasteiger partial charge in [-0.25, -0.2) is 4.85 Å². The van der Waals surface area contributed by atoms with E-state index in [0.717, 1.165) is 27.1 Å². The van der Waals surface area contributed by atoms with Crippen molar-refractivity contribution in [3.05, 3.63) is 87.9 Å². The van der Waals surface area contributed by atoms with Crippen LogP contribution in [-0.2, 0) is 6.42 Å². The average molecular weight is 390 g/mol. The van der Waals surface area contributed by atoms with Crippen LogP contribution < -0.4 is 0 Å². The molecule has 0 aliphatic heterocycles. The maximum Gasteiger partial charge on any atom is 0.187 e. The maximum atomic E-state index is 7.16. The topological polar surface area (TPSA) is 47.4 Å². The van der Waals surface area contributed by atoms with Gasteiger partial charge in [-0.2, -0.15) is 9.61 Å². The fraction of sp³-hybridized carbons (Fsp3) is 0.0526. The van der Waals surface area contributed by atoms with E-state index < -0.39 is 0 Å². The summed E-state index contributed by atoms with van der Waals surface area (Å²) in [4.78, 5) is 3.48. The van der Waals surface area contributed by atoms with E-state index in [1.807, 2.05) is 42.5 Å². The summed E-state index contributed by atoms with van der Waals surface area (Å²) in [7, 11) is 0. The molecule has 0 saturated carbocycles. The molecule has 0 N–H and O–H groups in total. The third-order valence-electron chi connectivity index (χ3n) is 3.85. The Hall–Kier alpha value is -3.04. The van der Waals surface area contributed by atoms with Crippen LogP contribution in [0.3, 0.4) is 0 Å². The van der Waals surface area contributed by atoms with Gasteiger partial charge in [-0.1, -0.05) is 46.3 Å². The van der Waals surface area contributed by atoms with Gasteiger partial charge >= 0.3 is 0 Å². The molecule has 0 bridgehead atoms. The number of aromatic nitrogens is 4. The Morgan fingerprint density at radius 2 is 1.88 bits per heavy atom. The van der Waals surface area contributed by atoms with Crippen LogP contribution in [0, 0.1) is 6.57 Å². The normalized spacial score (nSPS) is 10.7. The van der Waals surface area contributed by atoms with E-state index in [-0.39, 0.29) is 0 Å². The number of benzene rings is 2. The first-order chi connectivity index (χ1) is 12.2. The molecule has 0 spiro atoms. The van der Waals surface area contributed by atoms with Gasteiger partial charge in [0.05, 0.1) is 12.3 Å². The van der Waals surface area contributed by atoms with Crippen molar-refractivity contribution in [2.45, 2.75) is 6.42 Å². The standard InChI is InChI=1S/C19H12BrN5/c1-21-16-7-3-5-14(12-16)17-8-9-18-22-23-19(25(18)24-17)11-13-4-2-6-15(20)10-13/h2-10,12H,11H2. The molecular weight excluding hydrogens is 378 g/mol. The Bertz CT molecular complexity index is 1110. The summed E-state index contributed by atoms with van der Waals surface area (Å²) in [6.07, 6.45) is 0.638. The van der Waals surface area contributed by atoms with E-state index in [2.05, 4.69) is 48.2 Å². The van der Waals surface area contributed by atoms with Crippen molar-refractivity contribution in [2.24, 2.45) is 0 Å². The Morgan fingerprint density at radius 3 is 2.72 bits per heavy atom. The quantitative estimate of drug-likeness (QED) is 0.477. The molecular formula is C19H12BrN5. The predicted molar refractivity (Wildman–Crippen MR) is 99.4 cm³/mol. The SMILES string of the molecule is [C-]#[N+]c1cccc(-c2ccc3nnc(Cc4cccc(Br)c4)n3n2)c1. The van der Waals surface area contributed by atoms with E-state index in [4.69, 9.17) is 6.57 Å². The highest BCUT2D eigenvalue weighted by Gasteiger charge is 2.10. The van der Waals surface area contributed by atoms with E-state index in [1.54, 1.807) is 10.6 Å². The number of halogens is 1. The lowest BCUT2D eigenvalue weighted by molar-refractivity contribution is 0.841. The van der Waals surface area contributed by atoms with Crippen LogP contribution >= 0.6 is 15.9 Å². The average Bonchev–Trinajstić information content (AvgIpc) is 3.04. The highest BCUT2D eigenvalue weighted by atomic mass is 79.9. The molecule has 0 aliphatic carbocycles. The van der Waals surface area contributed by atoms with Crippen molar-refractivity contribution < 1.29 is 0 Å². The Morgan fingerprint density at radius 1 is 1.00 bits per heavy atom. The molecule has 0 fully saturated rings. The number of nitrogens with zero attached hydrogens (tertiary/aromatic N) is 5. The zero-order chi connectivity index (χ0) is 17.2. The van der Waals surface area contributed by atoms with Crippen molar-refractivity contribution in [1.82, 2.24) is 19.8 Å². The Balaban J connectivity index is 1.76. The van der Waals surface area contributed by atoms with Crippen LogP contribution in [0.2, 0.25) is 0 Å². The third-order valence-corrected chi connectivity index (χ3v) is 4.34. The molecule has 2 aromatic heterocycles. The summed E-state index contributed by atoms with van der Waals surface area (Å²) in [5, 5.41) is 13.1. The molecule has 0 aliphatic rings. The molecule has 2 heterocycles. The zero-order valence-corrected chi connectivity index (χ0v) is 14.7. The van der Waals surface area contributed by atoms with Gasteiger partial charge in [0, 0.05) is 10.9 Å². The summed E-state index contributed by atoms with van der Waals surface area (Å²) in [5.41, 5.74) is 4.12. The van der Waals surface area contributed by atoms with Crippen molar-refractivity contribution in [2.75, 3.05) is 0 Å². The Labute approximate surface area is 152 Å². The second-order valence-corrected chi connectivity index (χ2v) is 6.49. The predicted octanol–water partition coefficient (Wildman–Crippen LogP) is 4.70. The molecule has 0 amide bonds. The summed E-state index contributed by atoms with van der Waals surface area (Å²) in [5.74, 6) is 0.774. The largest absolute Gasteiger partial charge is 0.238 e. The number of hydrogen-bond donors (Lipinski definition) is 0. The highest BCUT2D eigenvalue weighted by Crippen LogP contribution is 2.23. The molecule has 2 aromatic carbocycles. The van der Waals surface area contributed by atoms with Gasteiger partial charge in [0.25, 0.3) is 0 Å². The highest BCUT2D eigenvalue weighted by molar-refractivity contribution is 9.10. The van der Waals surface area contributed by atoms with E-state index in [0.29, 0.717) is 17.8 Å². The lowest BCUT2D eigenvalue weighted by atomic mass is 10.1.